The van der Waals surface area contributed by atoms with Crippen LogP contribution in [0.5, 0.6) is 0 Å². The maximum Gasteiger partial charge on any atom is 0.230 e. The number of rotatable bonds is 3. The van der Waals surface area contributed by atoms with Crippen molar-refractivity contribution in [2.75, 3.05) is 6.54 Å². The Balaban J connectivity index is 1.86. The first-order chi connectivity index (χ1) is 8.29. The number of nitrogens with zero attached hydrogens (tertiary/aromatic N) is 2. The van der Waals surface area contributed by atoms with Crippen molar-refractivity contribution in [2.24, 2.45) is 5.73 Å². The Kier molecular flexibility index (Phi) is 2.44. The van der Waals surface area contributed by atoms with Crippen LogP contribution in [-0.4, -0.2) is 16.7 Å². The van der Waals surface area contributed by atoms with E-state index in [1.807, 2.05) is 6.92 Å². The van der Waals surface area contributed by atoms with Crippen molar-refractivity contribution in [3.63, 3.8) is 0 Å². The molecule has 17 heavy (non-hydrogen) atoms. The van der Waals surface area contributed by atoms with Crippen LogP contribution in [0.4, 0.5) is 0 Å². The highest BCUT2D eigenvalue weighted by Crippen LogP contribution is 2.38. The molecule has 3 rings (SSSR count). The van der Waals surface area contributed by atoms with E-state index in [0.29, 0.717) is 18.4 Å². The van der Waals surface area contributed by atoms with Gasteiger partial charge in [0.15, 0.2) is 5.82 Å². The molecule has 0 saturated heterocycles. The summed E-state index contributed by atoms with van der Waals surface area (Å²) in [4.78, 5) is 4.44. The molecule has 0 amide bonds. The lowest BCUT2D eigenvalue weighted by atomic mass is 9.77. The molecule has 2 unspecified atom stereocenters. The molecular formula is C13H15N3O. The van der Waals surface area contributed by atoms with Crippen LogP contribution in [0.3, 0.4) is 0 Å². The third-order valence-corrected chi connectivity index (χ3v) is 3.40. The van der Waals surface area contributed by atoms with E-state index in [2.05, 4.69) is 34.4 Å². The van der Waals surface area contributed by atoms with Crippen LogP contribution < -0.4 is 5.73 Å². The summed E-state index contributed by atoms with van der Waals surface area (Å²) in [5.41, 5.74) is 8.29. The van der Waals surface area contributed by atoms with Crippen LogP contribution in [-0.2, 0) is 6.42 Å². The first-order valence-electron chi connectivity index (χ1n) is 5.91. The minimum atomic E-state index is 0.131. The van der Waals surface area contributed by atoms with E-state index in [1.54, 1.807) is 0 Å². The average molecular weight is 229 g/mol. The fraction of sp³-hybridized carbons (Fsp3) is 0.385. The summed E-state index contributed by atoms with van der Waals surface area (Å²) in [5.74, 6) is 1.87. The smallest absolute Gasteiger partial charge is 0.230 e. The maximum atomic E-state index is 5.58. The number of hydrogen-bond acceptors (Lipinski definition) is 4. The van der Waals surface area contributed by atoms with Gasteiger partial charge in [0.05, 0.1) is 5.92 Å². The summed E-state index contributed by atoms with van der Waals surface area (Å²) in [6, 6.07) is 8.39. The highest BCUT2D eigenvalue weighted by molar-refractivity contribution is 5.43. The average Bonchev–Trinajstić information content (AvgIpc) is 2.79. The minimum absolute atomic E-state index is 0.131. The van der Waals surface area contributed by atoms with Gasteiger partial charge in [0, 0.05) is 12.5 Å². The van der Waals surface area contributed by atoms with Gasteiger partial charge in [0.25, 0.3) is 0 Å². The Morgan fingerprint density at radius 2 is 2.29 bits per heavy atom. The van der Waals surface area contributed by atoms with Crippen molar-refractivity contribution in [3.05, 3.63) is 47.1 Å². The topological polar surface area (TPSA) is 64.9 Å². The summed E-state index contributed by atoms with van der Waals surface area (Å²) >= 11 is 0. The summed E-state index contributed by atoms with van der Waals surface area (Å²) < 4.78 is 5.25. The van der Waals surface area contributed by atoms with E-state index in [9.17, 15) is 0 Å². The molecule has 2 aromatic rings. The van der Waals surface area contributed by atoms with Crippen LogP contribution in [0, 0.1) is 0 Å². The van der Waals surface area contributed by atoms with E-state index < -0.39 is 0 Å². The fourth-order valence-corrected chi connectivity index (χ4v) is 2.18. The second-order valence-corrected chi connectivity index (χ2v) is 4.58. The molecule has 2 atom stereocenters. The monoisotopic (exact) mass is 229 g/mol. The van der Waals surface area contributed by atoms with Gasteiger partial charge in [0.1, 0.15) is 0 Å². The molecular weight excluding hydrogens is 214 g/mol. The fourth-order valence-electron chi connectivity index (χ4n) is 2.18. The molecule has 1 aliphatic rings. The van der Waals surface area contributed by atoms with Gasteiger partial charge in [-0.15, -0.1) is 0 Å². The molecule has 0 aliphatic heterocycles. The zero-order chi connectivity index (χ0) is 11.8. The number of fused-ring (bicyclic) bond motifs is 1. The Labute approximate surface area is 99.8 Å². The molecule has 4 nitrogen and oxygen atoms in total. The third-order valence-electron chi connectivity index (χ3n) is 3.40. The molecule has 0 saturated carbocycles. The van der Waals surface area contributed by atoms with Gasteiger partial charge in [-0.2, -0.15) is 4.98 Å². The SMILES string of the molecule is CC(CN)c1nc(C2Cc3ccccc32)no1. The van der Waals surface area contributed by atoms with E-state index in [0.717, 1.165) is 12.2 Å². The largest absolute Gasteiger partial charge is 0.339 e. The highest BCUT2D eigenvalue weighted by Gasteiger charge is 2.31. The quantitative estimate of drug-likeness (QED) is 0.871. The number of aromatic nitrogens is 2. The maximum absolute atomic E-state index is 5.58. The molecule has 88 valence electrons. The van der Waals surface area contributed by atoms with Crippen molar-refractivity contribution < 1.29 is 4.52 Å². The molecule has 1 heterocycles. The lowest BCUT2D eigenvalue weighted by molar-refractivity contribution is 0.354. The number of benzene rings is 1. The molecule has 0 spiro atoms. The molecule has 2 N–H and O–H groups in total. The van der Waals surface area contributed by atoms with Crippen molar-refractivity contribution in [1.82, 2.24) is 10.1 Å². The van der Waals surface area contributed by atoms with Gasteiger partial charge in [-0.3, -0.25) is 0 Å². The first-order valence-corrected chi connectivity index (χ1v) is 5.91. The van der Waals surface area contributed by atoms with Crippen molar-refractivity contribution >= 4 is 0 Å². The summed E-state index contributed by atoms with van der Waals surface area (Å²) in [6.45, 7) is 2.52. The standard InChI is InChI=1S/C13H15N3O/c1-8(7-14)13-15-12(16-17-13)11-6-9-4-2-3-5-10(9)11/h2-5,8,11H,6-7,14H2,1H3. The second kappa shape index (κ2) is 3.96. The zero-order valence-electron chi connectivity index (χ0n) is 9.76. The van der Waals surface area contributed by atoms with Crippen molar-refractivity contribution in [3.8, 4) is 0 Å². The Morgan fingerprint density at radius 3 is 3.06 bits per heavy atom. The van der Waals surface area contributed by atoms with Crippen molar-refractivity contribution in [1.29, 1.82) is 0 Å². The number of hydrogen-bond donors (Lipinski definition) is 1. The summed E-state index contributed by atoms with van der Waals surface area (Å²) in [5, 5.41) is 4.06. The van der Waals surface area contributed by atoms with Crippen molar-refractivity contribution in [2.45, 2.75) is 25.2 Å². The van der Waals surface area contributed by atoms with Crippen LogP contribution >= 0.6 is 0 Å². The number of nitrogens with two attached hydrogens (primary N) is 1. The first kappa shape index (κ1) is 10.5. The summed E-state index contributed by atoms with van der Waals surface area (Å²) in [7, 11) is 0. The van der Waals surface area contributed by atoms with Gasteiger partial charge in [0.2, 0.25) is 5.89 Å². The van der Waals surface area contributed by atoms with Crippen LogP contribution in [0.25, 0.3) is 0 Å². The Hall–Kier alpha value is -1.68. The predicted octanol–water partition coefficient (Wildman–Crippen LogP) is 1.82. The normalized spacial score (nSPS) is 19.5. The molecule has 1 aromatic heterocycles. The summed E-state index contributed by atoms with van der Waals surface area (Å²) in [6.07, 6.45) is 1.01. The lowest BCUT2D eigenvalue weighted by Gasteiger charge is -2.27. The third kappa shape index (κ3) is 1.65. The molecule has 0 radical (unpaired) electrons. The van der Waals surface area contributed by atoms with E-state index in [4.69, 9.17) is 10.3 Å². The molecule has 1 aliphatic carbocycles. The Morgan fingerprint density at radius 1 is 1.47 bits per heavy atom. The molecule has 4 heteroatoms. The molecule has 1 aromatic carbocycles. The predicted molar refractivity (Wildman–Crippen MR) is 63.8 cm³/mol. The highest BCUT2D eigenvalue weighted by atomic mass is 16.5. The Bertz CT molecular complexity index is 535. The minimum Gasteiger partial charge on any atom is -0.339 e. The van der Waals surface area contributed by atoms with E-state index >= 15 is 0 Å². The van der Waals surface area contributed by atoms with Crippen LogP contribution in [0.1, 0.15) is 41.6 Å². The lowest BCUT2D eigenvalue weighted by Crippen LogP contribution is -2.19. The second-order valence-electron chi connectivity index (χ2n) is 4.58. The zero-order valence-corrected chi connectivity index (χ0v) is 9.76. The van der Waals surface area contributed by atoms with Gasteiger partial charge in [-0.1, -0.05) is 36.3 Å². The van der Waals surface area contributed by atoms with Gasteiger partial charge in [-0.05, 0) is 17.5 Å². The van der Waals surface area contributed by atoms with E-state index in [1.165, 1.54) is 11.1 Å². The van der Waals surface area contributed by atoms with Gasteiger partial charge in [-0.25, -0.2) is 0 Å². The van der Waals surface area contributed by atoms with Gasteiger partial charge < -0.3 is 10.3 Å². The molecule has 0 fully saturated rings. The van der Waals surface area contributed by atoms with Gasteiger partial charge >= 0.3 is 0 Å². The van der Waals surface area contributed by atoms with E-state index in [-0.39, 0.29) is 5.92 Å². The van der Waals surface area contributed by atoms with Crippen LogP contribution in [0.2, 0.25) is 0 Å². The van der Waals surface area contributed by atoms with Crippen LogP contribution in [0.15, 0.2) is 28.8 Å². The molecule has 0 bridgehead atoms.